The van der Waals surface area contributed by atoms with Crippen LogP contribution in [0.4, 0.5) is 0 Å². The Bertz CT molecular complexity index is 385. The van der Waals surface area contributed by atoms with Crippen LogP contribution in [0.2, 0.25) is 0 Å². The van der Waals surface area contributed by atoms with E-state index in [1.807, 2.05) is 0 Å². The van der Waals surface area contributed by atoms with Gasteiger partial charge in [-0.3, -0.25) is 0 Å². The van der Waals surface area contributed by atoms with Gasteiger partial charge < -0.3 is 5.32 Å². The van der Waals surface area contributed by atoms with E-state index in [-0.39, 0.29) is 0 Å². The molecule has 1 aromatic carbocycles. The Hall–Kier alpha value is -0.820. The van der Waals surface area contributed by atoms with Crippen LogP contribution in [0.3, 0.4) is 0 Å². The topological polar surface area (TPSA) is 12.0 Å². The fourth-order valence-electron chi connectivity index (χ4n) is 3.55. The minimum absolute atomic E-state index is 0.665. The fourth-order valence-corrected chi connectivity index (χ4v) is 3.55. The molecule has 1 aliphatic rings. The summed E-state index contributed by atoms with van der Waals surface area (Å²) in [5.74, 6) is 1.75. The van der Waals surface area contributed by atoms with Gasteiger partial charge in [-0.1, -0.05) is 51.0 Å². The molecule has 1 aliphatic carbocycles. The fraction of sp³-hybridized carbons (Fsp3) is 0.667. The highest BCUT2D eigenvalue weighted by atomic mass is 14.9. The van der Waals surface area contributed by atoms with E-state index in [9.17, 15) is 0 Å². The molecule has 1 nitrogen and oxygen atoms in total. The summed E-state index contributed by atoms with van der Waals surface area (Å²) in [5, 5.41) is 3.82. The summed E-state index contributed by atoms with van der Waals surface area (Å²) >= 11 is 0. The Balaban J connectivity index is 2.07. The van der Waals surface area contributed by atoms with Gasteiger partial charge in [0.05, 0.1) is 0 Å². The molecule has 106 valence electrons. The number of rotatable bonds is 6. The van der Waals surface area contributed by atoms with Gasteiger partial charge in [-0.15, -0.1) is 0 Å². The molecular weight excluding hydrogens is 230 g/mol. The van der Waals surface area contributed by atoms with Crippen molar-refractivity contribution < 1.29 is 0 Å². The van der Waals surface area contributed by atoms with E-state index in [4.69, 9.17) is 0 Å². The van der Waals surface area contributed by atoms with Crippen molar-refractivity contribution in [1.82, 2.24) is 5.32 Å². The maximum Gasteiger partial charge on any atom is 0.0138 e. The average Bonchev–Trinajstić information content (AvgIpc) is 2.83. The molecule has 1 aromatic rings. The third-order valence-corrected chi connectivity index (χ3v) is 4.80. The van der Waals surface area contributed by atoms with Crippen LogP contribution in [-0.4, -0.2) is 12.6 Å². The van der Waals surface area contributed by atoms with Crippen LogP contribution in [0.5, 0.6) is 0 Å². The first-order valence-corrected chi connectivity index (χ1v) is 8.00. The molecule has 0 aliphatic heterocycles. The van der Waals surface area contributed by atoms with Crippen LogP contribution >= 0.6 is 0 Å². The molecular formula is C18H29N. The molecule has 0 aromatic heterocycles. The largest absolute Gasteiger partial charge is 0.313 e. The van der Waals surface area contributed by atoms with Gasteiger partial charge in [-0.05, 0) is 55.7 Å². The van der Waals surface area contributed by atoms with Crippen LogP contribution < -0.4 is 5.32 Å². The lowest BCUT2D eigenvalue weighted by Gasteiger charge is -2.28. The van der Waals surface area contributed by atoms with Crippen LogP contribution in [-0.2, 0) is 6.42 Å². The van der Waals surface area contributed by atoms with Crippen molar-refractivity contribution in [2.75, 3.05) is 6.54 Å². The van der Waals surface area contributed by atoms with Crippen molar-refractivity contribution in [2.45, 2.75) is 58.9 Å². The Morgan fingerprint density at radius 3 is 2.68 bits per heavy atom. The zero-order chi connectivity index (χ0) is 13.7. The zero-order valence-corrected chi connectivity index (χ0v) is 12.8. The molecule has 3 unspecified atom stereocenters. The summed E-state index contributed by atoms with van der Waals surface area (Å²) in [5.41, 5.74) is 2.96. The van der Waals surface area contributed by atoms with E-state index in [0.29, 0.717) is 6.04 Å². The van der Waals surface area contributed by atoms with Crippen LogP contribution in [0.1, 0.15) is 50.7 Å². The Labute approximate surface area is 118 Å². The molecule has 0 saturated heterocycles. The second kappa shape index (κ2) is 7.09. The smallest absolute Gasteiger partial charge is 0.0138 e. The number of benzene rings is 1. The van der Waals surface area contributed by atoms with Crippen LogP contribution in [0.25, 0.3) is 0 Å². The predicted molar refractivity (Wildman–Crippen MR) is 83.5 cm³/mol. The lowest BCUT2D eigenvalue weighted by atomic mass is 9.85. The standard InChI is InChI=1S/C18H29N/c1-4-12-19-18(17-11-7-9-15(17)3)13-16-10-6-5-8-14(16)2/h5-6,8,10,15,17-19H,4,7,9,11-13H2,1-3H3. The molecule has 0 spiro atoms. The van der Waals surface area contributed by atoms with Crippen LogP contribution in [0.15, 0.2) is 24.3 Å². The average molecular weight is 259 g/mol. The molecule has 1 saturated carbocycles. The first-order valence-electron chi connectivity index (χ1n) is 8.00. The summed E-state index contributed by atoms with van der Waals surface area (Å²) in [6.07, 6.45) is 6.67. The summed E-state index contributed by atoms with van der Waals surface area (Å²) in [6, 6.07) is 9.53. The van der Waals surface area contributed by atoms with Crippen molar-refractivity contribution in [3.05, 3.63) is 35.4 Å². The molecule has 19 heavy (non-hydrogen) atoms. The molecule has 0 heterocycles. The van der Waals surface area contributed by atoms with Crippen molar-refractivity contribution in [2.24, 2.45) is 11.8 Å². The number of nitrogens with one attached hydrogen (secondary N) is 1. The minimum Gasteiger partial charge on any atom is -0.313 e. The molecule has 0 amide bonds. The maximum absolute atomic E-state index is 3.82. The van der Waals surface area contributed by atoms with E-state index in [2.05, 4.69) is 50.4 Å². The van der Waals surface area contributed by atoms with Crippen LogP contribution in [0, 0.1) is 18.8 Å². The molecule has 0 bridgehead atoms. The van der Waals surface area contributed by atoms with E-state index >= 15 is 0 Å². The lowest BCUT2D eigenvalue weighted by Crippen LogP contribution is -2.39. The molecule has 1 N–H and O–H groups in total. The summed E-state index contributed by atoms with van der Waals surface area (Å²) < 4.78 is 0. The zero-order valence-electron chi connectivity index (χ0n) is 12.8. The van der Waals surface area contributed by atoms with E-state index < -0.39 is 0 Å². The molecule has 0 radical (unpaired) electrons. The van der Waals surface area contributed by atoms with Gasteiger partial charge in [0.15, 0.2) is 0 Å². The summed E-state index contributed by atoms with van der Waals surface area (Å²) in [4.78, 5) is 0. The van der Waals surface area contributed by atoms with Gasteiger partial charge in [0.1, 0.15) is 0 Å². The Morgan fingerprint density at radius 2 is 2.05 bits per heavy atom. The quantitative estimate of drug-likeness (QED) is 0.801. The van der Waals surface area contributed by atoms with Crippen molar-refractivity contribution in [3.63, 3.8) is 0 Å². The second-order valence-corrected chi connectivity index (χ2v) is 6.26. The Morgan fingerprint density at radius 1 is 1.26 bits per heavy atom. The van der Waals surface area contributed by atoms with Gasteiger partial charge >= 0.3 is 0 Å². The van der Waals surface area contributed by atoms with Crippen molar-refractivity contribution >= 4 is 0 Å². The first-order chi connectivity index (χ1) is 9.22. The van der Waals surface area contributed by atoms with E-state index in [1.54, 1.807) is 0 Å². The SMILES string of the molecule is CCCNC(Cc1ccccc1C)C1CCCC1C. The van der Waals surface area contributed by atoms with Crippen molar-refractivity contribution in [3.8, 4) is 0 Å². The number of hydrogen-bond donors (Lipinski definition) is 1. The van der Waals surface area contributed by atoms with Gasteiger partial charge in [0.25, 0.3) is 0 Å². The highest BCUT2D eigenvalue weighted by Crippen LogP contribution is 2.35. The highest BCUT2D eigenvalue weighted by Gasteiger charge is 2.30. The van der Waals surface area contributed by atoms with Gasteiger partial charge in [0, 0.05) is 6.04 Å². The number of aryl methyl sites for hydroxylation is 1. The normalized spacial score (nSPS) is 24.6. The lowest BCUT2D eigenvalue weighted by molar-refractivity contribution is 0.295. The summed E-state index contributed by atoms with van der Waals surface area (Å²) in [7, 11) is 0. The maximum atomic E-state index is 3.82. The molecule has 3 atom stereocenters. The van der Waals surface area contributed by atoms with Gasteiger partial charge in [-0.2, -0.15) is 0 Å². The second-order valence-electron chi connectivity index (χ2n) is 6.26. The van der Waals surface area contributed by atoms with E-state index in [0.717, 1.165) is 18.4 Å². The summed E-state index contributed by atoms with van der Waals surface area (Å²) in [6.45, 7) is 8.09. The Kier molecular flexibility index (Phi) is 5.45. The third-order valence-electron chi connectivity index (χ3n) is 4.80. The third kappa shape index (κ3) is 3.82. The minimum atomic E-state index is 0.665. The highest BCUT2D eigenvalue weighted by molar-refractivity contribution is 5.26. The van der Waals surface area contributed by atoms with Crippen molar-refractivity contribution in [1.29, 1.82) is 0 Å². The number of hydrogen-bond acceptors (Lipinski definition) is 1. The molecule has 1 heteroatoms. The van der Waals surface area contributed by atoms with Gasteiger partial charge in [-0.25, -0.2) is 0 Å². The van der Waals surface area contributed by atoms with E-state index in [1.165, 1.54) is 43.2 Å². The monoisotopic (exact) mass is 259 g/mol. The predicted octanol–water partition coefficient (Wildman–Crippen LogP) is 4.34. The molecule has 2 rings (SSSR count). The molecule has 1 fully saturated rings. The van der Waals surface area contributed by atoms with Gasteiger partial charge in [0.2, 0.25) is 0 Å². The first kappa shape index (κ1) is 14.6.